The molecular weight excluding hydrogens is 378 g/mol. The van der Waals surface area contributed by atoms with Crippen molar-refractivity contribution in [2.45, 2.75) is 24.9 Å². The van der Waals surface area contributed by atoms with Crippen LogP contribution in [0.2, 0.25) is 0 Å². The van der Waals surface area contributed by atoms with E-state index < -0.39 is 24.0 Å². The summed E-state index contributed by atoms with van der Waals surface area (Å²) in [5, 5.41) is 13.2. The smallest absolute Gasteiger partial charge is 0.326 e. The van der Waals surface area contributed by atoms with Crippen LogP contribution in [0.1, 0.15) is 11.1 Å². The lowest BCUT2D eigenvalue weighted by Crippen LogP contribution is -2.50. The van der Waals surface area contributed by atoms with Crippen molar-refractivity contribution < 1.29 is 14.7 Å². The van der Waals surface area contributed by atoms with Crippen LogP contribution in [0.4, 0.5) is 0 Å². The Bertz CT molecular complexity index is 971. The number of hydrogen-bond acceptors (Lipinski definition) is 3. The highest BCUT2D eigenvalue weighted by molar-refractivity contribution is 6.15. The first-order valence-corrected chi connectivity index (χ1v) is 9.33. The number of carboxylic acids is 1. The van der Waals surface area contributed by atoms with Crippen molar-refractivity contribution in [2.75, 3.05) is 0 Å². The minimum Gasteiger partial charge on any atom is -0.480 e. The van der Waals surface area contributed by atoms with Gasteiger partial charge in [0.2, 0.25) is 5.91 Å². The molecule has 1 heterocycles. The lowest BCUT2D eigenvalue weighted by molar-refractivity contribution is -0.142. The number of aliphatic carboxylic acids is 1. The molecule has 0 saturated carbocycles. The van der Waals surface area contributed by atoms with Gasteiger partial charge in [0.25, 0.3) is 0 Å². The molecule has 0 aliphatic carbocycles. The number of halogens is 1. The number of hydrogen-bond donors (Lipinski definition) is 3. The van der Waals surface area contributed by atoms with Gasteiger partial charge in [-0.3, -0.25) is 4.79 Å². The average Bonchev–Trinajstić information content (AvgIpc) is 3.02. The molecule has 0 fully saturated rings. The highest BCUT2D eigenvalue weighted by Crippen LogP contribution is 2.21. The molecule has 7 heteroatoms. The molecule has 1 aromatic heterocycles. The first kappa shape index (κ1) is 19.9. The second-order valence-corrected chi connectivity index (χ2v) is 6.96. The molecule has 0 saturated heterocycles. The van der Waals surface area contributed by atoms with Crippen molar-refractivity contribution in [2.24, 2.45) is 7.05 Å². The maximum Gasteiger partial charge on any atom is 0.326 e. The molecule has 0 aliphatic rings. The Morgan fingerprint density at radius 2 is 1.71 bits per heavy atom. The van der Waals surface area contributed by atoms with Crippen LogP contribution in [0.3, 0.4) is 0 Å². The van der Waals surface area contributed by atoms with Crippen molar-refractivity contribution in [3.8, 4) is 0 Å². The Morgan fingerprint density at radius 3 is 2.39 bits per heavy atom. The minimum atomic E-state index is -1.09. The Hall–Kier alpha value is -2.83. The monoisotopic (exact) mass is 399 g/mol. The predicted molar refractivity (Wildman–Crippen MR) is 109 cm³/mol. The molecule has 146 valence electrons. The third-order valence-corrected chi connectivity index (χ3v) is 5.01. The molecule has 3 N–H and O–H groups in total. The fourth-order valence-electron chi connectivity index (χ4n) is 3.31. The Morgan fingerprint density at radius 1 is 1.04 bits per heavy atom. The second kappa shape index (κ2) is 8.91. The van der Waals surface area contributed by atoms with E-state index in [1.165, 1.54) is 0 Å². The minimum absolute atomic E-state index is 0.183. The number of aromatic nitrogens is 1. The summed E-state index contributed by atoms with van der Waals surface area (Å²) in [5.74, 6) is -1.54. The summed E-state index contributed by atoms with van der Waals surface area (Å²) in [4.78, 5) is 26.9. The van der Waals surface area contributed by atoms with Gasteiger partial charge in [0, 0.05) is 30.6 Å². The summed E-state index contributed by atoms with van der Waals surface area (Å²) in [6, 6.07) is 15.4. The number of rotatable bonds is 8. The van der Waals surface area contributed by atoms with Crippen LogP contribution < -0.4 is 10.2 Å². The van der Waals surface area contributed by atoms with Crippen LogP contribution in [-0.4, -0.2) is 33.6 Å². The maximum atomic E-state index is 12.6. The Balaban J connectivity index is 1.74. The Kier molecular flexibility index (Phi) is 6.34. The maximum absolute atomic E-state index is 12.6. The largest absolute Gasteiger partial charge is 0.480 e. The normalized spacial score (nSPS) is 13.2. The number of nitrogens with zero attached hydrogens (tertiary/aromatic N) is 1. The average molecular weight is 400 g/mol. The summed E-state index contributed by atoms with van der Waals surface area (Å²) < 4.78 is 1.95. The van der Waals surface area contributed by atoms with Crippen LogP contribution in [-0.2, 0) is 29.5 Å². The molecule has 6 nitrogen and oxygen atoms in total. The van der Waals surface area contributed by atoms with Crippen LogP contribution in [0, 0.1) is 0 Å². The molecule has 0 aliphatic heterocycles. The number of benzene rings is 2. The number of carboxylic acid groups (broad SMARTS) is 1. The first-order valence-electron chi connectivity index (χ1n) is 8.95. The van der Waals surface area contributed by atoms with Crippen LogP contribution >= 0.6 is 11.8 Å². The molecule has 3 aromatic rings. The van der Waals surface area contributed by atoms with Crippen LogP contribution in [0.5, 0.6) is 0 Å². The lowest BCUT2D eigenvalue weighted by Gasteiger charge is -2.19. The standard InChI is InChI=1S/C21H22ClN3O3/c1-25-13-15(16-9-5-6-10-19(16)25)12-18(21(27)28)23-20(26)17(24-22)11-14-7-3-2-4-8-14/h2-10,13,17-18,24H,11-12H2,1H3,(H,23,26)(H,27,28)/t17-,18+/m0/s1. The van der Waals surface area contributed by atoms with Gasteiger partial charge in [0.15, 0.2) is 0 Å². The third kappa shape index (κ3) is 4.52. The predicted octanol–water partition coefficient (Wildman–Crippen LogP) is 2.64. The van der Waals surface area contributed by atoms with Crippen molar-refractivity contribution in [3.63, 3.8) is 0 Å². The zero-order valence-electron chi connectivity index (χ0n) is 15.4. The van der Waals surface area contributed by atoms with Gasteiger partial charge in [-0.25, -0.2) is 9.63 Å². The topological polar surface area (TPSA) is 83.4 Å². The first-order chi connectivity index (χ1) is 13.5. The molecule has 2 atom stereocenters. The summed E-state index contributed by atoms with van der Waals surface area (Å²) in [6.07, 6.45) is 2.44. The fraction of sp³-hybridized carbons (Fsp3) is 0.238. The molecule has 0 bridgehead atoms. The van der Waals surface area contributed by atoms with E-state index in [9.17, 15) is 14.7 Å². The van der Waals surface area contributed by atoms with E-state index >= 15 is 0 Å². The van der Waals surface area contributed by atoms with Crippen molar-refractivity contribution >= 4 is 34.6 Å². The molecule has 0 unspecified atom stereocenters. The molecule has 28 heavy (non-hydrogen) atoms. The van der Waals surface area contributed by atoms with Gasteiger partial charge < -0.3 is 15.0 Å². The number of para-hydroxylation sites is 1. The quantitative estimate of drug-likeness (QED) is 0.508. The van der Waals surface area contributed by atoms with Gasteiger partial charge in [0.1, 0.15) is 12.1 Å². The van der Waals surface area contributed by atoms with Gasteiger partial charge in [-0.1, -0.05) is 48.5 Å². The van der Waals surface area contributed by atoms with E-state index in [2.05, 4.69) is 10.2 Å². The number of carbonyl (C=O) groups is 2. The van der Waals surface area contributed by atoms with E-state index in [0.717, 1.165) is 22.0 Å². The number of aryl methyl sites for hydroxylation is 1. The number of nitrogens with one attached hydrogen (secondary N) is 2. The molecule has 0 spiro atoms. The summed E-state index contributed by atoms with van der Waals surface area (Å²) in [6.45, 7) is 0. The van der Waals surface area contributed by atoms with Gasteiger partial charge in [-0.2, -0.15) is 0 Å². The highest BCUT2D eigenvalue weighted by atomic mass is 35.5. The summed E-state index contributed by atoms with van der Waals surface area (Å²) >= 11 is 5.76. The molecular formula is C21H22ClN3O3. The molecule has 0 radical (unpaired) electrons. The van der Waals surface area contributed by atoms with E-state index in [4.69, 9.17) is 11.8 Å². The summed E-state index contributed by atoms with van der Waals surface area (Å²) in [7, 11) is 1.91. The lowest BCUT2D eigenvalue weighted by atomic mass is 10.0. The zero-order chi connectivity index (χ0) is 20.1. The van der Waals surface area contributed by atoms with Gasteiger partial charge >= 0.3 is 5.97 Å². The molecule has 3 rings (SSSR count). The van der Waals surface area contributed by atoms with Crippen molar-refractivity contribution in [1.82, 2.24) is 14.7 Å². The van der Waals surface area contributed by atoms with Crippen LogP contribution in [0.15, 0.2) is 60.8 Å². The zero-order valence-corrected chi connectivity index (χ0v) is 16.2. The van der Waals surface area contributed by atoms with Crippen molar-refractivity contribution in [3.05, 3.63) is 71.9 Å². The number of amides is 1. The van der Waals surface area contributed by atoms with E-state index in [-0.39, 0.29) is 6.42 Å². The number of carbonyl (C=O) groups excluding carboxylic acids is 1. The molecule has 1 amide bonds. The Labute approximate surface area is 168 Å². The fourth-order valence-corrected chi connectivity index (χ4v) is 3.49. The van der Waals surface area contributed by atoms with Gasteiger partial charge in [-0.15, -0.1) is 0 Å². The van der Waals surface area contributed by atoms with Crippen LogP contribution in [0.25, 0.3) is 10.9 Å². The van der Waals surface area contributed by atoms with Crippen molar-refractivity contribution in [1.29, 1.82) is 0 Å². The number of fused-ring (bicyclic) bond motifs is 1. The van der Waals surface area contributed by atoms with Gasteiger partial charge in [0.05, 0.1) is 0 Å². The summed E-state index contributed by atoms with van der Waals surface area (Å²) in [5.41, 5.74) is 2.80. The molecule has 2 aromatic carbocycles. The van der Waals surface area contributed by atoms with E-state index in [1.54, 1.807) is 0 Å². The SMILES string of the molecule is Cn1cc(C[C@@H](NC(=O)[C@H](Cc2ccccc2)NCl)C(=O)O)c2ccccc21. The van der Waals surface area contributed by atoms with Gasteiger partial charge in [-0.05, 0) is 35.4 Å². The van der Waals surface area contributed by atoms with E-state index in [1.807, 2.05) is 72.4 Å². The van der Waals surface area contributed by atoms with E-state index in [0.29, 0.717) is 6.42 Å². The third-order valence-electron chi connectivity index (χ3n) is 4.75. The highest BCUT2D eigenvalue weighted by Gasteiger charge is 2.26. The second-order valence-electron chi connectivity index (χ2n) is 6.74.